The summed E-state index contributed by atoms with van der Waals surface area (Å²) in [5.74, 6) is 0.677. The van der Waals surface area contributed by atoms with Crippen LogP contribution in [-0.4, -0.2) is 39.7 Å². The molecule has 0 N–H and O–H groups in total. The minimum atomic E-state index is -1.16. The van der Waals surface area contributed by atoms with Gasteiger partial charge in [0.1, 0.15) is 5.41 Å². The third kappa shape index (κ3) is 4.33. The van der Waals surface area contributed by atoms with E-state index >= 15 is 0 Å². The fourth-order valence-electron chi connectivity index (χ4n) is 2.59. The highest BCUT2D eigenvalue weighted by molar-refractivity contribution is 7.18. The largest absolute Gasteiger partial charge is 0.300 e. The normalized spacial score (nSPS) is 22.0. The Bertz CT molecular complexity index is 378. The van der Waals surface area contributed by atoms with Crippen molar-refractivity contribution in [2.45, 2.75) is 38.6 Å². The van der Waals surface area contributed by atoms with Gasteiger partial charge in [-0.25, -0.2) is 4.39 Å². The van der Waals surface area contributed by atoms with Gasteiger partial charge in [-0.2, -0.15) is 5.10 Å². The fraction of sp³-hybridized carbons (Fsp3) is 0.769. The minimum Gasteiger partial charge on any atom is -0.300 e. The Labute approximate surface area is 111 Å². The molecule has 2 atom stereocenters. The van der Waals surface area contributed by atoms with E-state index in [2.05, 4.69) is 19.2 Å². The molecule has 1 aromatic heterocycles. The molecule has 18 heavy (non-hydrogen) atoms. The molecular weight excluding hydrogens is 248 g/mol. The molecule has 0 spiro atoms. The van der Waals surface area contributed by atoms with Gasteiger partial charge in [-0.15, -0.1) is 0 Å². The second-order valence-corrected chi connectivity index (χ2v) is 6.88. The maximum Gasteiger partial charge on any atom is 0.133 e. The minimum absolute atomic E-state index is 0.519. The molecule has 0 bridgehead atoms. The predicted octanol–water partition coefficient (Wildman–Crippen LogP) is 2.46. The Morgan fingerprint density at radius 3 is 2.67 bits per heavy atom. The summed E-state index contributed by atoms with van der Waals surface area (Å²) in [5.41, 5.74) is 1.07. The van der Waals surface area contributed by atoms with Crippen LogP contribution in [0, 0.1) is 12.8 Å². The predicted molar refractivity (Wildman–Crippen MR) is 75.4 cm³/mol. The van der Waals surface area contributed by atoms with Gasteiger partial charge in [0.15, 0.2) is 0 Å². The Kier molecular flexibility index (Phi) is 4.39. The van der Waals surface area contributed by atoms with Crippen LogP contribution in [0.5, 0.6) is 0 Å². The zero-order chi connectivity index (χ0) is 13.2. The van der Waals surface area contributed by atoms with Crippen LogP contribution < -0.4 is 0 Å². The number of rotatable bonds is 4. The van der Waals surface area contributed by atoms with E-state index in [1.54, 1.807) is 6.92 Å². The molecule has 0 amide bonds. The van der Waals surface area contributed by atoms with Crippen LogP contribution in [0.25, 0.3) is 0 Å². The highest BCUT2D eigenvalue weighted by Crippen LogP contribution is 2.25. The van der Waals surface area contributed by atoms with E-state index in [4.69, 9.17) is 0 Å². The number of hydrogen-bond donors (Lipinski definition) is 0. The van der Waals surface area contributed by atoms with Gasteiger partial charge in [0.25, 0.3) is 0 Å². The average molecular weight is 271 g/mol. The number of nitrogens with zero attached hydrogens (tertiary/aromatic N) is 3. The van der Waals surface area contributed by atoms with Gasteiger partial charge in [-0.1, -0.05) is 9.24 Å². The van der Waals surface area contributed by atoms with Gasteiger partial charge in [0.05, 0.1) is 5.69 Å². The summed E-state index contributed by atoms with van der Waals surface area (Å²) in [6, 6.07) is 2.04. The van der Waals surface area contributed by atoms with Crippen LogP contribution in [0.3, 0.4) is 0 Å². The molecule has 1 aliphatic heterocycles. The summed E-state index contributed by atoms with van der Waals surface area (Å²) in [7, 11) is 2.28. The van der Waals surface area contributed by atoms with Crippen molar-refractivity contribution in [2.75, 3.05) is 19.6 Å². The third-order valence-electron chi connectivity index (χ3n) is 3.46. The Balaban J connectivity index is 1.77. The molecular formula is C13H23FN3P. The number of halogens is 1. The summed E-state index contributed by atoms with van der Waals surface area (Å²) < 4.78 is 15.6. The van der Waals surface area contributed by atoms with Crippen molar-refractivity contribution < 1.29 is 4.39 Å². The Morgan fingerprint density at radius 2 is 2.17 bits per heavy atom. The molecule has 0 radical (unpaired) electrons. The zero-order valence-electron chi connectivity index (χ0n) is 11.3. The number of aromatic nitrogens is 2. The van der Waals surface area contributed by atoms with Crippen LogP contribution in [0.2, 0.25) is 0 Å². The first-order valence-electron chi connectivity index (χ1n) is 6.62. The lowest BCUT2D eigenvalue weighted by atomic mass is 9.97. The molecule has 0 aliphatic carbocycles. The van der Waals surface area contributed by atoms with Crippen molar-refractivity contribution in [2.24, 2.45) is 5.92 Å². The SMILES string of the molecule is Cc1ccn(CC2CCN(CC(C)(F)P)CC2)n1. The van der Waals surface area contributed by atoms with E-state index in [9.17, 15) is 4.39 Å². The lowest BCUT2D eigenvalue weighted by molar-refractivity contribution is 0.126. The van der Waals surface area contributed by atoms with Crippen LogP contribution in [0.4, 0.5) is 4.39 Å². The van der Waals surface area contributed by atoms with Gasteiger partial charge >= 0.3 is 0 Å². The molecule has 1 aromatic rings. The summed E-state index contributed by atoms with van der Waals surface area (Å²) in [6.07, 6.45) is 4.32. The van der Waals surface area contributed by atoms with E-state index in [0.29, 0.717) is 12.5 Å². The van der Waals surface area contributed by atoms with E-state index in [-0.39, 0.29) is 0 Å². The Hall–Kier alpha value is -0.470. The number of piperidine rings is 1. The lowest BCUT2D eigenvalue weighted by Gasteiger charge is -2.34. The first-order valence-corrected chi connectivity index (χ1v) is 7.20. The molecule has 3 nitrogen and oxygen atoms in total. The number of alkyl halides is 1. The van der Waals surface area contributed by atoms with Crippen molar-refractivity contribution >= 4 is 9.24 Å². The molecule has 1 aliphatic rings. The van der Waals surface area contributed by atoms with E-state index in [0.717, 1.165) is 38.2 Å². The first-order chi connectivity index (χ1) is 8.42. The third-order valence-corrected chi connectivity index (χ3v) is 3.64. The molecule has 2 rings (SSSR count). The smallest absolute Gasteiger partial charge is 0.133 e. The van der Waals surface area contributed by atoms with Gasteiger partial charge in [0, 0.05) is 19.3 Å². The van der Waals surface area contributed by atoms with E-state index < -0.39 is 5.41 Å². The van der Waals surface area contributed by atoms with Crippen LogP contribution >= 0.6 is 9.24 Å². The lowest BCUT2D eigenvalue weighted by Crippen LogP contribution is -2.40. The monoisotopic (exact) mass is 271 g/mol. The van der Waals surface area contributed by atoms with Crippen molar-refractivity contribution in [3.05, 3.63) is 18.0 Å². The van der Waals surface area contributed by atoms with Crippen molar-refractivity contribution in [3.8, 4) is 0 Å². The molecule has 0 saturated carbocycles. The van der Waals surface area contributed by atoms with Gasteiger partial charge in [0.2, 0.25) is 0 Å². The quantitative estimate of drug-likeness (QED) is 0.784. The number of hydrogen-bond acceptors (Lipinski definition) is 2. The fourth-order valence-corrected chi connectivity index (χ4v) is 2.85. The van der Waals surface area contributed by atoms with Crippen LogP contribution in [-0.2, 0) is 6.54 Å². The molecule has 102 valence electrons. The summed E-state index contributed by atoms with van der Waals surface area (Å²) in [6.45, 7) is 7.15. The second-order valence-electron chi connectivity index (χ2n) is 5.68. The highest BCUT2D eigenvalue weighted by atomic mass is 31.0. The molecule has 2 heterocycles. The molecule has 5 heteroatoms. The second kappa shape index (κ2) is 5.66. The Morgan fingerprint density at radius 1 is 1.50 bits per heavy atom. The molecule has 0 aromatic carbocycles. The summed E-state index contributed by atoms with van der Waals surface area (Å²) >= 11 is 0. The van der Waals surface area contributed by atoms with Gasteiger partial charge in [-0.3, -0.25) is 9.58 Å². The summed E-state index contributed by atoms with van der Waals surface area (Å²) in [5, 5.41) is 3.26. The van der Waals surface area contributed by atoms with E-state index in [1.807, 2.05) is 23.9 Å². The topological polar surface area (TPSA) is 21.1 Å². The maximum atomic E-state index is 13.5. The van der Waals surface area contributed by atoms with Crippen molar-refractivity contribution in [1.29, 1.82) is 0 Å². The standard InChI is InChI=1S/C13H23FN3P/c1-11-3-8-17(15-11)9-12-4-6-16(7-5-12)10-13(2,14)18/h3,8,12H,4-7,9-10,18H2,1-2H3. The highest BCUT2D eigenvalue weighted by Gasteiger charge is 2.25. The maximum absolute atomic E-state index is 13.5. The van der Waals surface area contributed by atoms with Crippen LogP contribution in [0.1, 0.15) is 25.5 Å². The molecule has 1 saturated heterocycles. The van der Waals surface area contributed by atoms with Crippen molar-refractivity contribution in [3.63, 3.8) is 0 Å². The molecule has 1 fully saturated rings. The van der Waals surface area contributed by atoms with Crippen molar-refractivity contribution in [1.82, 2.24) is 14.7 Å². The summed E-state index contributed by atoms with van der Waals surface area (Å²) in [4.78, 5) is 2.22. The first kappa shape index (κ1) is 14.0. The van der Waals surface area contributed by atoms with Gasteiger partial charge in [-0.05, 0) is 51.8 Å². The molecule has 2 unspecified atom stereocenters. The number of likely N-dealkylation sites (tertiary alicyclic amines) is 1. The number of aryl methyl sites for hydroxylation is 1. The zero-order valence-corrected chi connectivity index (χ0v) is 12.4. The van der Waals surface area contributed by atoms with Gasteiger partial charge < -0.3 is 0 Å². The van der Waals surface area contributed by atoms with E-state index in [1.165, 1.54) is 0 Å². The van der Waals surface area contributed by atoms with Crippen LogP contribution in [0.15, 0.2) is 12.3 Å². The average Bonchev–Trinajstić information content (AvgIpc) is 2.65.